The maximum absolute atomic E-state index is 11.8. The summed E-state index contributed by atoms with van der Waals surface area (Å²) >= 11 is 1.71. The summed E-state index contributed by atoms with van der Waals surface area (Å²) in [6, 6.07) is 6.05. The van der Waals surface area contributed by atoms with Gasteiger partial charge in [0.15, 0.2) is 0 Å². The molecule has 30 heavy (non-hydrogen) atoms. The van der Waals surface area contributed by atoms with Crippen molar-refractivity contribution in [2.45, 2.75) is 64.2 Å². The summed E-state index contributed by atoms with van der Waals surface area (Å²) in [7, 11) is 0. The number of nitro benzene ring substituents is 1. The van der Waals surface area contributed by atoms with Gasteiger partial charge in [-0.2, -0.15) is 16.9 Å². The summed E-state index contributed by atoms with van der Waals surface area (Å²) in [5, 5.41) is 23.1. The van der Waals surface area contributed by atoms with E-state index in [1.807, 2.05) is 0 Å². The van der Waals surface area contributed by atoms with Crippen LogP contribution >= 0.6 is 11.8 Å². The zero-order chi connectivity index (χ0) is 22.0. The molecule has 0 heterocycles. The molecule has 9 heteroatoms. The number of rotatable bonds is 17. The van der Waals surface area contributed by atoms with Gasteiger partial charge in [-0.25, -0.2) is 5.43 Å². The summed E-state index contributed by atoms with van der Waals surface area (Å²) in [5.74, 6) is 0.847. The molecule has 1 aromatic carbocycles. The first-order valence-corrected chi connectivity index (χ1v) is 11.5. The largest absolute Gasteiger partial charge is 0.481 e. The molecule has 0 atom stereocenters. The summed E-state index contributed by atoms with van der Waals surface area (Å²) in [5.41, 5.74) is 3.00. The molecule has 0 saturated carbocycles. The third-order valence-electron chi connectivity index (χ3n) is 4.39. The molecule has 0 radical (unpaired) electrons. The van der Waals surface area contributed by atoms with Gasteiger partial charge in [-0.15, -0.1) is 0 Å². The van der Waals surface area contributed by atoms with Gasteiger partial charge in [-0.3, -0.25) is 19.7 Å². The van der Waals surface area contributed by atoms with Gasteiger partial charge in [0.25, 0.3) is 5.69 Å². The number of carboxylic acid groups (broad SMARTS) is 1. The molecule has 0 aliphatic rings. The average molecular weight is 438 g/mol. The third-order valence-corrected chi connectivity index (χ3v) is 5.46. The van der Waals surface area contributed by atoms with Gasteiger partial charge in [0.05, 0.1) is 17.6 Å². The lowest BCUT2D eigenvalue weighted by Crippen LogP contribution is -2.16. The molecule has 166 valence electrons. The highest BCUT2D eigenvalue weighted by molar-refractivity contribution is 7.99. The Labute approximate surface area is 181 Å². The van der Waals surface area contributed by atoms with E-state index in [2.05, 4.69) is 10.5 Å². The van der Waals surface area contributed by atoms with Crippen molar-refractivity contribution in [2.75, 3.05) is 11.5 Å². The fraction of sp³-hybridized carbons (Fsp3) is 0.571. The second-order valence-electron chi connectivity index (χ2n) is 6.98. The van der Waals surface area contributed by atoms with Crippen LogP contribution in [0, 0.1) is 10.1 Å². The van der Waals surface area contributed by atoms with Crippen LogP contribution in [0.3, 0.4) is 0 Å². The van der Waals surface area contributed by atoms with E-state index >= 15 is 0 Å². The van der Waals surface area contributed by atoms with E-state index in [0.717, 1.165) is 31.4 Å². The highest BCUT2D eigenvalue weighted by atomic mass is 32.2. The summed E-state index contributed by atoms with van der Waals surface area (Å²) in [4.78, 5) is 32.4. The maximum Gasteiger partial charge on any atom is 0.304 e. The minimum Gasteiger partial charge on any atom is -0.481 e. The van der Waals surface area contributed by atoms with Gasteiger partial charge < -0.3 is 5.11 Å². The van der Waals surface area contributed by atoms with Crippen LogP contribution in [0.5, 0.6) is 0 Å². The van der Waals surface area contributed by atoms with E-state index < -0.39 is 10.9 Å². The van der Waals surface area contributed by atoms with E-state index in [4.69, 9.17) is 5.11 Å². The predicted octanol–water partition coefficient (Wildman–Crippen LogP) is 4.76. The monoisotopic (exact) mass is 437 g/mol. The van der Waals surface area contributed by atoms with Gasteiger partial charge >= 0.3 is 5.97 Å². The van der Waals surface area contributed by atoms with Crippen molar-refractivity contribution < 1.29 is 19.6 Å². The highest BCUT2D eigenvalue weighted by Crippen LogP contribution is 2.13. The number of unbranched alkanes of at least 4 members (excludes halogenated alkanes) is 7. The van der Waals surface area contributed by atoms with Gasteiger partial charge in [0.1, 0.15) is 0 Å². The topological polar surface area (TPSA) is 122 Å². The smallest absolute Gasteiger partial charge is 0.304 e. The molecular formula is C21H31N3O5S. The van der Waals surface area contributed by atoms with Crippen LogP contribution in [-0.4, -0.2) is 39.6 Å². The standard InChI is InChI=1S/C21H31N3O5S/c25-20(23-22-17-18-10-9-11-19(16-18)24(28)29)12-7-5-3-1-2-4-6-8-14-30-15-13-21(26)27/h9-11,16-17H,1-8,12-15H2,(H,23,25)(H,26,27)/b22-17+. The Morgan fingerprint density at radius 2 is 1.70 bits per heavy atom. The SMILES string of the molecule is O=C(O)CCSCCCCCCCCCCC(=O)N/N=C/c1cccc([N+](=O)[O-])c1. The van der Waals surface area contributed by atoms with Crippen molar-refractivity contribution >= 4 is 35.5 Å². The van der Waals surface area contributed by atoms with Crippen LogP contribution in [0.4, 0.5) is 5.69 Å². The Kier molecular flexibility index (Phi) is 14.0. The Bertz CT molecular complexity index is 697. The number of thioether (sulfide) groups is 1. The van der Waals surface area contributed by atoms with Gasteiger partial charge in [0, 0.05) is 29.9 Å². The molecule has 0 spiro atoms. The summed E-state index contributed by atoms with van der Waals surface area (Å²) < 4.78 is 0. The van der Waals surface area contributed by atoms with Gasteiger partial charge in [0.2, 0.25) is 5.91 Å². The molecule has 0 aromatic heterocycles. The lowest BCUT2D eigenvalue weighted by molar-refractivity contribution is -0.384. The first kappa shape index (κ1) is 25.6. The van der Waals surface area contributed by atoms with Gasteiger partial charge in [-0.1, -0.05) is 50.7 Å². The molecule has 2 N–H and O–H groups in total. The predicted molar refractivity (Wildman–Crippen MR) is 120 cm³/mol. The number of carbonyl (C=O) groups excluding carboxylic acids is 1. The molecule has 0 bridgehead atoms. The van der Waals surface area contributed by atoms with Crippen molar-refractivity contribution in [1.29, 1.82) is 0 Å². The van der Waals surface area contributed by atoms with E-state index in [0.29, 0.717) is 17.7 Å². The lowest BCUT2D eigenvalue weighted by Gasteiger charge is -2.03. The molecule has 0 aliphatic heterocycles. The number of amides is 1. The molecule has 1 aromatic rings. The molecule has 1 amide bonds. The number of non-ortho nitro benzene ring substituents is 1. The Balaban J connectivity index is 1.95. The van der Waals surface area contributed by atoms with E-state index in [1.165, 1.54) is 44.0 Å². The zero-order valence-electron chi connectivity index (χ0n) is 17.3. The van der Waals surface area contributed by atoms with Crippen LogP contribution < -0.4 is 5.43 Å². The van der Waals surface area contributed by atoms with Crippen molar-refractivity contribution in [3.63, 3.8) is 0 Å². The first-order chi connectivity index (χ1) is 14.5. The fourth-order valence-corrected chi connectivity index (χ4v) is 3.70. The quantitative estimate of drug-likeness (QED) is 0.157. The van der Waals surface area contributed by atoms with Crippen molar-refractivity contribution in [3.05, 3.63) is 39.9 Å². The number of nitrogens with zero attached hydrogens (tertiary/aromatic N) is 2. The van der Waals surface area contributed by atoms with Crippen LogP contribution in [0.25, 0.3) is 0 Å². The minimum absolute atomic E-state index is 0.0140. The van der Waals surface area contributed by atoms with Crippen molar-refractivity contribution in [1.82, 2.24) is 5.43 Å². The summed E-state index contributed by atoms with van der Waals surface area (Å²) in [6.45, 7) is 0. The number of carboxylic acids is 1. The van der Waals surface area contributed by atoms with E-state index in [9.17, 15) is 19.7 Å². The van der Waals surface area contributed by atoms with Crippen LogP contribution in [0.1, 0.15) is 69.8 Å². The molecule has 1 rings (SSSR count). The maximum atomic E-state index is 11.8. The Morgan fingerprint density at radius 3 is 2.37 bits per heavy atom. The number of nitro groups is 1. The number of hydrogen-bond acceptors (Lipinski definition) is 6. The van der Waals surface area contributed by atoms with Crippen molar-refractivity contribution in [3.8, 4) is 0 Å². The molecule has 8 nitrogen and oxygen atoms in total. The average Bonchev–Trinajstić information content (AvgIpc) is 2.71. The van der Waals surface area contributed by atoms with E-state index in [1.54, 1.807) is 23.9 Å². The van der Waals surface area contributed by atoms with Crippen LogP contribution in [0.15, 0.2) is 29.4 Å². The van der Waals surface area contributed by atoms with Gasteiger partial charge in [-0.05, 0) is 18.6 Å². The molecule has 0 aliphatic carbocycles. The highest BCUT2D eigenvalue weighted by Gasteiger charge is 2.04. The van der Waals surface area contributed by atoms with Crippen molar-refractivity contribution in [2.24, 2.45) is 5.10 Å². The second kappa shape index (κ2) is 16.4. The fourth-order valence-electron chi connectivity index (χ4n) is 2.77. The number of nitrogens with one attached hydrogen (secondary N) is 1. The number of hydrogen-bond donors (Lipinski definition) is 2. The second-order valence-corrected chi connectivity index (χ2v) is 8.20. The van der Waals surface area contributed by atoms with Crippen LogP contribution in [0.2, 0.25) is 0 Å². The molecule has 0 saturated heterocycles. The Hall–Kier alpha value is -2.42. The lowest BCUT2D eigenvalue weighted by atomic mass is 10.1. The minimum atomic E-state index is -0.729. The third kappa shape index (κ3) is 13.7. The molecule has 0 unspecified atom stereocenters. The summed E-state index contributed by atoms with van der Waals surface area (Å²) in [6.07, 6.45) is 10.9. The molecular weight excluding hydrogens is 406 g/mol. The first-order valence-electron chi connectivity index (χ1n) is 10.3. The number of carbonyl (C=O) groups is 2. The van der Waals surface area contributed by atoms with Crippen LogP contribution in [-0.2, 0) is 9.59 Å². The normalized spacial score (nSPS) is 10.9. The Morgan fingerprint density at radius 1 is 1.03 bits per heavy atom. The molecule has 0 fully saturated rings. The number of hydrazone groups is 1. The number of benzene rings is 1. The van der Waals surface area contributed by atoms with E-state index in [-0.39, 0.29) is 18.0 Å². The zero-order valence-corrected chi connectivity index (χ0v) is 18.1. The number of aliphatic carboxylic acids is 1.